The standard InChI is InChI=1S/C23H23NO5S/c1-15-11-23(26)29-21-12-18(7-8-19(15)21)28-13-22(25)24-9-10-30-14-20(24)16-3-5-17(27-2)6-4-16/h3-8,11-12,20H,9-10,13-14H2,1-2H3/t20-/m1/s1. The number of rotatable bonds is 5. The second-order valence-electron chi connectivity index (χ2n) is 7.15. The van der Waals surface area contributed by atoms with Gasteiger partial charge in [-0.2, -0.15) is 11.8 Å². The Kier molecular flexibility index (Phi) is 5.99. The molecule has 6 nitrogen and oxygen atoms in total. The average molecular weight is 426 g/mol. The van der Waals surface area contributed by atoms with E-state index in [1.54, 1.807) is 19.2 Å². The number of benzene rings is 2. The highest BCUT2D eigenvalue weighted by molar-refractivity contribution is 7.99. The van der Waals surface area contributed by atoms with Crippen LogP contribution in [0, 0.1) is 6.92 Å². The van der Waals surface area contributed by atoms with Gasteiger partial charge >= 0.3 is 5.63 Å². The number of hydrogen-bond acceptors (Lipinski definition) is 6. The van der Waals surface area contributed by atoms with Gasteiger partial charge in [-0.05, 0) is 42.3 Å². The fraction of sp³-hybridized carbons (Fsp3) is 0.304. The molecule has 7 heteroatoms. The van der Waals surface area contributed by atoms with Crippen LogP contribution in [0.5, 0.6) is 11.5 Å². The topological polar surface area (TPSA) is 69.0 Å². The van der Waals surface area contributed by atoms with E-state index in [-0.39, 0.29) is 18.6 Å². The van der Waals surface area contributed by atoms with E-state index in [1.165, 1.54) is 6.07 Å². The summed E-state index contributed by atoms with van der Waals surface area (Å²) in [4.78, 5) is 26.4. The maximum atomic E-state index is 12.9. The van der Waals surface area contributed by atoms with Gasteiger partial charge in [0, 0.05) is 35.6 Å². The molecule has 3 aromatic rings. The Labute approximate surface area is 178 Å². The molecule has 1 amide bonds. The molecule has 0 spiro atoms. The molecule has 1 aromatic heterocycles. The van der Waals surface area contributed by atoms with Gasteiger partial charge in [0.05, 0.1) is 13.2 Å². The first kappa shape index (κ1) is 20.3. The zero-order valence-corrected chi connectivity index (χ0v) is 17.7. The zero-order chi connectivity index (χ0) is 21.1. The minimum Gasteiger partial charge on any atom is -0.497 e. The summed E-state index contributed by atoms with van der Waals surface area (Å²) in [5.41, 5.74) is 1.98. The minimum absolute atomic E-state index is 0.00281. The van der Waals surface area contributed by atoms with Crippen LogP contribution in [0.4, 0.5) is 0 Å². The predicted molar refractivity (Wildman–Crippen MR) is 117 cm³/mol. The number of aryl methyl sites for hydroxylation is 1. The van der Waals surface area contributed by atoms with E-state index in [2.05, 4.69) is 0 Å². The Bertz CT molecular complexity index is 1110. The average Bonchev–Trinajstić information content (AvgIpc) is 2.77. The number of hydrogen-bond donors (Lipinski definition) is 0. The summed E-state index contributed by atoms with van der Waals surface area (Å²) in [5.74, 6) is 2.97. The van der Waals surface area contributed by atoms with Crippen LogP contribution in [0.3, 0.4) is 0 Å². The number of fused-ring (bicyclic) bond motifs is 1. The molecule has 156 valence electrons. The quantitative estimate of drug-likeness (QED) is 0.579. The van der Waals surface area contributed by atoms with Gasteiger partial charge in [0.2, 0.25) is 0 Å². The van der Waals surface area contributed by atoms with Gasteiger partial charge in [-0.25, -0.2) is 4.79 Å². The van der Waals surface area contributed by atoms with Crippen LogP contribution in [0.2, 0.25) is 0 Å². The molecule has 1 aliphatic rings. The van der Waals surface area contributed by atoms with Gasteiger partial charge in [0.25, 0.3) is 5.91 Å². The zero-order valence-electron chi connectivity index (χ0n) is 16.9. The third kappa shape index (κ3) is 4.31. The van der Waals surface area contributed by atoms with Crippen LogP contribution in [0.15, 0.2) is 57.7 Å². The lowest BCUT2D eigenvalue weighted by Crippen LogP contribution is -2.43. The van der Waals surface area contributed by atoms with Crippen molar-refractivity contribution >= 4 is 28.6 Å². The number of methoxy groups -OCH3 is 1. The predicted octanol–water partition coefficient (Wildman–Crippen LogP) is 3.81. The van der Waals surface area contributed by atoms with Crippen molar-refractivity contribution in [3.8, 4) is 11.5 Å². The molecular weight excluding hydrogens is 402 g/mol. The Morgan fingerprint density at radius 3 is 2.70 bits per heavy atom. The number of carbonyl (C=O) groups is 1. The first-order valence-electron chi connectivity index (χ1n) is 9.73. The van der Waals surface area contributed by atoms with Crippen LogP contribution in [-0.2, 0) is 4.79 Å². The second kappa shape index (κ2) is 8.83. The van der Waals surface area contributed by atoms with Crippen molar-refractivity contribution < 1.29 is 18.7 Å². The van der Waals surface area contributed by atoms with Gasteiger partial charge in [-0.15, -0.1) is 0 Å². The van der Waals surface area contributed by atoms with Crippen molar-refractivity contribution in [2.75, 3.05) is 31.8 Å². The Morgan fingerprint density at radius 1 is 1.17 bits per heavy atom. The molecule has 4 rings (SSSR count). The lowest BCUT2D eigenvalue weighted by atomic mass is 10.1. The van der Waals surface area contributed by atoms with E-state index in [1.807, 2.05) is 53.9 Å². The first-order valence-corrected chi connectivity index (χ1v) is 10.9. The van der Waals surface area contributed by atoms with Gasteiger partial charge in [-0.3, -0.25) is 4.79 Å². The molecule has 0 unspecified atom stereocenters. The highest BCUT2D eigenvalue weighted by Gasteiger charge is 2.28. The fourth-order valence-electron chi connectivity index (χ4n) is 3.63. The maximum Gasteiger partial charge on any atom is 0.336 e. The molecule has 30 heavy (non-hydrogen) atoms. The molecule has 0 radical (unpaired) electrons. The molecule has 0 saturated carbocycles. The van der Waals surface area contributed by atoms with Gasteiger partial charge in [0.1, 0.15) is 17.1 Å². The van der Waals surface area contributed by atoms with Crippen molar-refractivity contribution in [2.45, 2.75) is 13.0 Å². The van der Waals surface area contributed by atoms with Crippen molar-refractivity contribution in [1.29, 1.82) is 0 Å². The number of carbonyl (C=O) groups excluding carboxylic acids is 1. The normalized spacial score (nSPS) is 16.5. The van der Waals surface area contributed by atoms with E-state index < -0.39 is 5.63 Å². The molecule has 1 fully saturated rings. The highest BCUT2D eigenvalue weighted by Crippen LogP contribution is 2.31. The summed E-state index contributed by atoms with van der Waals surface area (Å²) in [6.45, 7) is 2.46. The van der Waals surface area contributed by atoms with Crippen LogP contribution < -0.4 is 15.1 Å². The minimum atomic E-state index is -0.402. The summed E-state index contributed by atoms with van der Waals surface area (Å²) in [7, 11) is 1.64. The van der Waals surface area contributed by atoms with Crippen molar-refractivity contribution in [1.82, 2.24) is 4.90 Å². The summed E-state index contributed by atoms with van der Waals surface area (Å²) >= 11 is 1.84. The lowest BCUT2D eigenvalue weighted by molar-refractivity contribution is -0.135. The van der Waals surface area contributed by atoms with Crippen LogP contribution in [0.1, 0.15) is 17.2 Å². The third-order valence-corrected chi connectivity index (χ3v) is 6.26. The molecule has 2 aromatic carbocycles. The van der Waals surface area contributed by atoms with Crippen LogP contribution >= 0.6 is 11.8 Å². The van der Waals surface area contributed by atoms with Gasteiger partial charge < -0.3 is 18.8 Å². The first-order chi connectivity index (χ1) is 14.5. The number of thioether (sulfide) groups is 1. The number of ether oxygens (including phenoxy) is 2. The fourth-order valence-corrected chi connectivity index (χ4v) is 4.72. The van der Waals surface area contributed by atoms with E-state index in [9.17, 15) is 9.59 Å². The van der Waals surface area contributed by atoms with E-state index in [4.69, 9.17) is 13.9 Å². The molecule has 0 N–H and O–H groups in total. The molecule has 0 aliphatic carbocycles. The smallest absolute Gasteiger partial charge is 0.336 e. The second-order valence-corrected chi connectivity index (χ2v) is 8.30. The molecule has 1 aliphatic heterocycles. The third-order valence-electron chi connectivity index (χ3n) is 5.23. The lowest BCUT2D eigenvalue weighted by Gasteiger charge is -2.35. The highest BCUT2D eigenvalue weighted by atomic mass is 32.2. The largest absolute Gasteiger partial charge is 0.497 e. The molecule has 1 saturated heterocycles. The Balaban J connectivity index is 1.47. The van der Waals surface area contributed by atoms with E-state index in [0.29, 0.717) is 17.9 Å². The molecule has 1 atom stereocenters. The van der Waals surface area contributed by atoms with E-state index in [0.717, 1.165) is 33.8 Å². The van der Waals surface area contributed by atoms with Gasteiger partial charge in [-0.1, -0.05) is 12.1 Å². The maximum absolute atomic E-state index is 12.9. The number of amides is 1. The Hall–Kier alpha value is -2.93. The summed E-state index contributed by atoms with van der Waals surface area (Å²) < 4.78 is 16.2. The van der Waals surface area contributed by atoms with Crippen LogP contribution in [-0.4, -0.2) is 42.6 Å². The summed E-state index contributed by atoms with van der Waals surface area (Å²) in [5, 5.41) is 0.848. The van der Waals surface area contributed by atoms with Gasteiger partial charge in [0.15, 0.2) is 6.61 Å². The monoisotopic (exact) mass is 425 g/mol. The van der Waals surface area contributed by atoms with Crippen molar-refractivity contribution in [3.05, 3.63) is 70.1 Å². The molecule has 2 heterocycles. The Morgan fingerprint density at radius 2 is 1.93 bits per heavy atom. The summed E-state index contributed by atoms with van der Waals surface area (Å²) in [6.07, 6.45) is 0. The molecule has 0 bridgehead atoms. The summed E-state index contributed by atoms with van der Waals surface area (Å²) in [6, 6.07) is 14.6. The number of nitrogens with zero attached hydrogens (tertiary/aromatic N) is 1. The SMILES string of the molecule is COc1ccc([C@H]2CSCCN2C(=O)COc2ccc3c(C)cc(=O)oc3c2)cc1. The van der Waals surface area contributed by atoms with E-state index >= 15 is 0 Å². The molecular formula is C23H23NO5S. The van der Waals surface area contributed by atoms with Crippen molar-refractivity contribution in [3.63, 3.8) is 0 Å². The van der Waals surface area contributed by atoms with Crippen LogP contribution in [0.25, 0.3) is 11.0 Å². The van der Waals surface area contributed by atoms with Crippen molar-refractivity contribution in [2.24, 2.45) is 0 Å².